The summed E-state index contributed by atoms with van der Waals surface area (Å²) in [5.74, 6) is -0.866. The van der Waals surface area contributed by atoms with Gasteiger partial charge in [-0.1, -0.05) is 12.1 Å². The molecule has 162 valence electrons. The van der Waals surface area contributed by atoms with E-state index >= 15 is 0 Å². The number of ether oxygens (including phenoxy) is 1. The first-order valence-electron chi connectivity index (χ1n) is 9.39. The minimum absolute atomic E-state index is 0.0539. The van der Waals surface area contributed by atoms with Gasteiger partial charge in [-0.25, -0.2) is 8.42 Å². The van der Waals surface area contributed by atoms with Crippen LogP contribution in [0.4, 0.5) is 18.9 Å². The normalized spacial score (nSPS) is 15.2. The highest BCUT2D eigenvalue weighted by Crippen LogP contribution is 2.34. The second-order valence-electron chi connectivity index (χ2n) is 6.70. The molecule has 2 aromatic carbocycles. The number of benzene rings is 2. The highest BCUT2D eigenvalue weighted by atomic mass is 32.2. The number of carbonyl (C=O) groups excluding carboxylic acids is 1. The van der Waals surface area contributed by atoms with Crippen molar-refractivity contribution in [2.24, 2.45) is 0 Å². The number of hydrogen-bond donors (Lipinski definition) is 1. The van der Waals surface area contributed by atoms with Crippen LogP contribution in [-0.4, -0.2) is 38.3 Å². The standard InChI is InChI=1S/C20H21F3N2O4S/c1-2-29-17-10-9-14(13-18(17)30(27,28)25-11-5-6-12-25)24-19(26)15-7-3-4-8-16(15)20(21,22)23/h3-4,7-10,13H,2,5-6,11-12H2,1H3,(H,24,26). The summed E-state index contributed by atoms with van der Waals surface area (Å²) in [4.78, 5) is 12.4. The van der Waals surface area contributed by atoms with Crippen LogP contribution in [0, 0.1) is 0 Å². The zero-order valence-corrected chi connectivity index (χ0v) is 17.0. The van der Waals surface area contributed by atoms with E-state index in [0.717, 1.165) is 25.0 Å². The number of anilines is 1. The molecule has 1 saturated heterocycles. The van der Waals surface area contributed by atoms with Crippen LogP contribution in [0.25, 0.3) is 0 Å². The maximum atomic E-state index is 13.2. The summed E-state index contributed by atoms with van der Waals surface area (Å²) in [7, 11) is -3.87. The molecule has 0 radical (unpaired) electrons. The van der Waals surface area contributed by atoms with E-state index in [2.05, 4.69) is 5.32 Å². The van der Waals surface area contributed by atoms with Crippen LogP contribution < -0.4 is 10.1 Å². The summed E-state index contributed by atoms with van der Waals surface area (Å²) in [6.07, 6.45) is -3.21. The van der Waals surface area contributed by atoms with E-state index in [1.807, 2.05) is 0 Å². The molecular weight excluding hydrogens is 421 g/mol. The van der Waals surface area contributed by atoms with Crippen molar-refractivity contribution in [1.82, 2.24) is 4.31 Å². The van der Waals surface area contributed by atoms with E-state index < -0.39 is 33.2 Å². The van der Waals surface area contributed by atoms with Crippen LogP contribution in [0.1, 0.15) is 35.7 Å². The predicted octanol–water partition coefficient (Wildman–Crippen LogP) is 4.14. The van der Waals surface area contributed by atoms with Crippen molar-refractivity contribution in [3.63, 3.8) is 0 Å². The lowest BCUT2D eigenvalue weighted by atomic mass is 10.1. The molecule has 30 heavy (non-hydrogen) atoms. The van der Waals surface area contributed by atoms with Crippen LogP contribution in [0.5, 0.6) is 5.75 Å². The van der Waals surface area contributed by atoms with Crippen LogP contribution in [-0.2, 0) is 16.2 Å². The van der Waals surface area contributed by atoms with E-state index in [1.165, 1.54) is 34.6 Å². The smallest absolute Gasteiger partial charge is 0.417 e. The van der Waals surface area contributed by atoms with Crippen LogP contribution in [0.2, 0.25) is 0 Å². The molecule has 10 heteroatoms. The van der Waals surface area contributed by atoms with Gasteiger partial charge in [0.2, 0.25) is 10.0 Å². The monoisotopic (exact) mass is 442 g/mol. The Bertz CT molecular complexity index is 1030. The topological polar surface area (TPSA) is 75.7 Å². The fraction of sp³-hybridized carbons (Fsp3) is 0.350. The molecule has 1 N–H and O–H groups in total. The molecule has 1 fully saturated rings. The number of sulfonamides is 1. The molecule has 1 amide bonds. The van der Waals surface area contributed by atoms with Gasteiger partial charge in [0.25, 0.3) is 5.91 Å². The minimum atomic E-state index is -4.70. The van der Waals surface area contributed by atoms with Gasteiger partial charge in [0, 0.05) is 18.8 Å². The van der Waals surface area contributed by atoms with Crippen LogP contribution >= 0.6 is 0 Å². The lowest BCUT2D eigenvalue weighted by Crippen LogP contribution is -2.28. The molecule has 0 aromatic heterocycles. The predicted molar refractivity (Wildman–Crippen MR) is 105 cm³/mol. The second kappa shape index (κ2) is 8.65. The third-order valence-corrected chi connectivity index (χ3v) is 6.58. The van der Waals surface area contributed by atoms with Crippen molar-refractivity contribution in [1.29, 1.82) is 0 Å². The van der Waals surface area contributed by atoms with E-state index in [0.29, 0.717) is 13.1 Å². The van der Waals surface area contributed by atoms with Crippen molar-refractivity contribution < 1.29 is 31.1 Å². The average molecular weight is 442 g/mol. The summed E-state index contributed by atoms with van der Waals surface area (Å²) in [6, 6.07) is 8.39. The fourth-order valence-corrected chi connectivity index (χ4v) is 4.93. The zero-order valence-electron chi connectivity index (χ0n) is 16.2. The zero-order chi connectivity index (χ0) is 21.9. The van der Waals surface area contributed by atoms with Crippen molar-refractivity contribution in [3.8, 4) is 5.75 Å². The Balaban J connectivity index is 1.96. The summed E-state index contributed by atoms with van der Waals surface area (Å²) in [5, 5.41) is 2.37. The number of hydrogen-bond acceptors (Lipinski definition) is 4. The molecule has 1 aliphatic heterocycles. The SMILES string of the molecule is CCOc1ccc(NC(=O)c2ccccc2C(F)(F)F)cc1S(=O)(=O)N1CCCC1. The molecule has 2 aromatic rings. The fourth-order valence-electron chi connectivity index (χ4n) is 3.26. The minimum Gasteiger partial charge on any atom is -0.492 e. The Labute approximate surface area is 172 Å². The van der Waals surface area contributed by atoms with Crippen molar-refractivity contribution in [2.75, 3.05) is 25.0 Å². The first-order chi connectivity index (χ1) is 14.1. The molecule has 0 bridgehead atoms. The number of amides is 1. The molecule has 0 unspecified atom stereocenters. The van der Waals surface area contributed by atoms with Crippen molar-refractivity contribution in [3.05, 3.63) is 53.6 Å². The molecule has 0 saturated carbocycles. The van der Waals surface area contributed by atoms with Gasteiger partial charge >= 0.3 is 6.18 Å². The van der Waals surface area contributed by atoms with Gasteiger partial charge in [0.05, 0.1) is 17.7 Å². The van der Waals surface area contributed by atoms with E-state index in [4.69, 9.17) is 4.74 Å². The molecular formula is C20H21F3N2O4S. The molecule has 0 aliphatic carbocycles. The molecule has 0 spiro atoms. The Kier molecular flexibility index (Phi) is 6.37. The van der Waals surface area contributed by atoms with E-state index in [-0.39, 0.29) is 22.9 Å². The third kappa shape index (κ3) is 4.59. The number of nitrogens with one attached hydrogen (secondary N) is 1. The second-order valence-corrected chi connectivity index (χ2v) is 8.61. The molecule has 1 aliphatic rings. The Morgan fingerprint density at radius 3 is 2.43 bits per heavy atom. The Morgan fingerprint density at radius 2 is 1.80 bits per heavy atom. The average Bonchev–Trinajstić information content (AvgIpc) is 3.24. The van der Waals surface area contributed by atoms with Gasteiger partial charge in [0.1, 0.15) is 10.6 Å². The van der Waals surface area contributed by atoms with Gasteiger partial charge in [0.15, 0.2) is 0 Å². The molecule has 0 atom stereocenters. The molecule has 6 nitrogen and oxygen atoms in total. The lowest BCUT2D eigenvalue weighted by molar-refractivity contribution is -0.137. The third-order valence-electron chi connectivity index (χ3n) is 4.66. The maximum Gasteiger partial charge on any atom is 0.417 e. The van der Waals surface area contributed by atoms with Crippen molar-refractivity contribution >= 4 is 21.6 Å². The van der Waals surface area contributed by atoms with E-state index in [9.17, 15) is 26.4 Å². The highest BCUT2D eigenvalue weighted by molar-refractivity contribution is 7.89. The van der Waals surface area contributed by atoms with Gasteiger partial charge in [-0.05, 0) is 50.1 Å². The van der Waals surface area contributed by atoms with Gasteiger partial charge < -0.3 is 10.1 Å². The van der Waals surface area contributed by atoms with Crippen molar-refractivity contribution in [2.45, 2.75) is 30.8 Å². The number of carbonyl (C=O) groups is 1. The summed E-state index contributed by atoms with van der Waals surface area (Å²) >= 11 is 0. The van der Waals surface area contributed by atoms with Crippen LogP contribution in [0.3, 0.4) is 0 Å². The number of halogens is 3. The number of nitrogens with zero attached hydrogens (tertiary/aromatic N) is 1. The summed E-state index contributed by atoms with van der Waals surface area (Å²) in [6.45, 7) is 2.69. The van der Waals surface area contributed by atoms with Crippen LogP contribution in [0.15, 0.2) is 47.4 Å². The summed E-state index contributed by atoms with van der Waals surface area (Å²) < 4.78 is 72.4. The molecule has 1 heterocycles. The lowest BCUT2D eigenvalue weighted by Gasteiger charge is -2.19. The van der Waals surface area contributed by atoms with E-state index in [1.54, 1.807) is 6.92 Å². The Morgan fingerprint density at radius 1 is 1.13 bits per heavy atom. The Hall–Kier alpha value is -2.59. The maximum absolute atomic E-state index is 13.2. The first-order valence-corrected chi connectivity index (χ1v) is 10.8. The quantitative estimate of drug-likeness (QED) is 0.730. The number of rotatable bonds is 6. The first kappa shape index (κ1) is 22.1. The van der Waals surface area contributed by atoms with Gasteiger partial charge in [-0.2, -0.15) is 17.5 Å². The molecule has 3 rings (SSSR count). The summed E-state index contributed by atoms with van der Waals surface area (Å²) in [5.41, 5.74) is -1.57. The van der Waals surface area contributed by atoms with Gasteiger partial charge in [-0.15, -0.1) is 0 Å². The largest absolute Gasteiger partial charge is 0.492 e. The number of alkyl halides is 3. The highest BCUT2D eigenvalue weighted by Gasteiger charge is 2.35. The van der Waals surface area contributed by atoms with Gasteiger partial charge in [-0.3, -0.25) is 4.79 Å².